The predicted molar refractivity (Wildman–Crippen MR) is 102 cm³/mol. The molecule has 0 saturated heterocycles. The van der Waals surface area contributed by atoms with Gasteiger partial charge in [0, 0.05) is 5.69 Å². The normalized spacial score (nSPS) is 12.3. The molecule has 2 aromatic carbocycles. The lowest BCUT2D eigenvalue weighted by Gasteiger charge is -2.11. The molecule has 1 atom stereocenters. The second-order valence-electron chi connectivity index (χ2n) is 5.96. The minimum atomic E-state index is 0.0108. The Kier molecular flexibility index (Phi) is 4.90. The summed E-state index contributed by atoms with van der Waals surface area (Å²) in [4.78, 5) is 20.1. The van der Waals surface area contributed by atoms with Gasteiger partial charge in [-0.15, -0.1) is 11.8 Å². The van der Waals surface area contributed by atoms with Crippen LogP contribution in [0.1, 0.15) is 29.1 Å². The van der Waals surface area contributed by atoms with Crippen LogP contribution in [0.15, 0.2) is 42.5 Å². The van der Waals surface area contributed by atoms with Crippen LogP contribution in [-0.4, -0.2) is 21.6 Å². The molecule has 5 heteroatoms. The summed E-state index contributed by atoms with van der Waals surface area (Å²) in [5.41, 5.74) is 5.08. The minimum absolute atomic E-state index is 0.0108. The molecule has 0 unspecified atom stereocenters. The molecule has 0 spiro atoms. The summed E-state index contributed by atoms with van der Waals surface area (Å²) in [6.45, 7) is 6.08. The topological polar surface area (TPSA) is 57.8 Å². The van der Waals surface area contributed by atoms with Gasteiger partial charge in [0.2, 0.25) is 5.91 Å². The Labute approximate surface area is 146 Å². The van der Waals surface area contributed by atoms with E-state index in [0.717, 1.165) is 33.7 Å². The lowest BCUT2D eigenvalue weighted by atomic mass is 10.1. The van der Waals surface area contributed by atoms with E-state index in [1.165, 1.54) is 0 Å². The van der Waals surface area contributed by atoms with E-state index in [0.29, 0.717) is 5.75 Å². The summed E-state index contributed by atoms with van der Waals surface area (Å²) in [5.74, 6) is 1.31. The molecule has 3 aromatic rings. The maximum atomic E-state index is 12.2. The lowest BCUT2D eigenvalue weighted by Crippen LogP contribution is -2.15. The van der Waals surface area contributed by atoms with Crippen molar-refractivity contribution in [1.29, 1.82) is 0 Å². The van der Waals surface area contributed by atoms with Gasteiger partial charge in [-0.05, 0) is 50.1 Å². The maximum Gasteiger partial charge on any atom is 0.234 e. The van der Waals surface area contributed by atoms with E-state index in [1.54, 1.807) is 11.8 Å². The molecule has 3 rings (SSSR count). The fraction of sp³-hybridized carbons (Fsp3) is 0.263. The third kappa shape index (κ3) is 3.79. The summed E-state index contributed by atoms with van der Waals surface area (Å²) >= 11 is 1.58. The van der Waals surface area contributed by atoms with Crippen molar-refractivity contribution in [2.75, 3.05) is 11.1 Å². The summed E-state index contributed by atoms with van der Waals surface area (Å²) in [6, 6.07) is 14.0. The molecular weight excluding hydrogens is 318 g/mol. The van der Waals surface area contributed by atoms with Gasteiger partial charge in [-0.2, -0.15) is 0 Å². The first-order chi connectivity index (χ1) is 11.5. The number of imidazole rings is 1. The monoisotopic (exact) mass is 339 g/mol. The second kappa shape index (κ2) is 7.09. The van der Waals surface area contributed by atoms with E-state index in [1.807, 2.05) is 56.3 Å². The molecule has 2 N–H and O–H groups in total. The number of para-hydroxylation sites is 2. The molecule has 1 amide bonds. The number of amides is 1. The van der Waals surface area contributed by atoms with Crippen LogP contribution in [-0.2, 0) is 4.79 Å². The molecule has 0 aliphatic rings. The summed E-state index contributed by atoms with van der Waals surface area (Å²) in [6.07, 6.45) is 0. The molecular formula is C19H21N3OS. The Morgan fingerprint density at radius 2 is 2.04 bits per heavy atom. The third-order valence-corrected chi connectivity index (χ3v) is 5.08. The highest BCUT2D eigenvalue weighted by atomic mass is 32.2. The van der Waals surface area contributed by atoms with Crippen LogP contribution < -0.4 is 5.32 Å². The average molecular weight is 339 g/mol. The van der Waals surface area contributed by atoms with Crippen LogP contribution in [0.2, 0.25) is 0 Å². The number of aryl methyl sites for hydroxylation is 2. The number of benzene rings is 2. The molecule has 24 heavy (non-hydrogen) atoms. The molecule has 0 radical (unpaired) electrons. The fourth-order valence-electron chi connectivity index (χ4n) is 2.50. The van der Waals surface area contributed by atoms with E-state index < -0.39 is 0 Å². The Balaban J connectivity index is 1.60. The molecule has 124 valence electrons. The average Bonchev–Trinajstić information content (AvgIpc) is 3.00. The van der Waals surface area contributed by atoms with Gasteiger partial charge < -0.3 is 10.3 Å². The van der Waals surface area contributed by atoms with E-state index in [2.05, 4.69) is 22.2 Å². The van der Waals surface area contributed by atoms with Crippen molar-refractivity contribution in [3.8, 4) is 0 Å². The first-order valence-corrected chi connectivity index (χ1v) is 9.01. The van der Waals surface area contributed by atoms with E-state index in [-0.39, 0.29) is 11.2 Å². The van der Waals surface area contributed by atoms with E-state index in [4.69, 9.17) is 0 Å². The molecule has 0 saturated carbocycles. The zero-order valence-corrected chi connectivity index (χ0v) is 14.9. The number of nitrogens with zero attached hydrogens (tertiary/aromatic N) is 1. The van der Waals surface area contributed by atoms with E-state index >= 15 is 0 Å². The van der Waals surface area contributed by atoms with Gasteiger partial charge in [0.25, 0.3) is 0 Å². The van der Waals surface area contributed by atoms with Gasteiger partial charge in [-0.25, -0.2) is 4.98 Å². The van der Waals surface area contributed by atoms with Crippen molar-refractivity contribution in [3.63, 3.8) is 0 Å². The van der Waals surface area contributed by atoms with Crippen LogP contribution in [0.25, 0.3) is 11.0 Å². The number of fused-ring (bicyclic) bond motifs is 1. The second-order valence-corrected chi connectivity index (χ2v) is 7.29. The van der Waals surface area contributed by atoms with Crippen molar-refractivity contribution < 1.29 is 4.79 Å². The number of carbonyl (C=O) groups excluding carboxylic acids is 1. The lowest BCUT2D eigenvalue weighted by molar-refractivity contribution is -0.113. The van der Waals surface area contributed by atoms with Gasteiger partial charge in [0.1, 0.15) is 5.82 Å². The smallest absolute Gasteiger partial charge is 0.234 e. The molecule has 1 heterocycles. The van der Waals surface area contributed by atoms with Gasteiger partial charge in [-0.1, -0.05) is 24.3 Å². The number of anilines is 1. The Hall–Kier alpha value is -2.27. The van der Waals surface area contributed by atoms with Crippen molar-refractivity contribution in [1.82, 2.24) is 9.97 Å². The number of H-pyrrole nitrogens is 1. The fourth-order valence-corrected chi connectivity index (χ4v) is 3.24. The van der Waals surface area contributed by atoms with Crippen LogP contribution in [0.3, 0.4) is 0 Å². The van der Waals surface area contributed by atoms with Crippen LogP contribution in [0, 0.1) is 13.8 Å². The Morgan fingerprint density at radius 1 is 1.25 bits per heavy atom. The number of hydrogen-bond acceptors (Lipinski definition) is 3. The van der Waals surface area contributed by atoms with Crippen molar-refractivity contribution >= 4 is 34.4 Å². The summed E-state index contributed by atoms with van der Waals surface area (Å²) in [7, 11) is 0. The molecule has 0 fully saturated rings. The minimum Gasteiger partial charge on any atom is -0.341 e. The Bertz CT molecular complexity index is 839. The van der Waals surface area contributed by atoms with Crippen LogP contribution in [0.4, 0.5) is 5.69 Å². The molecule has 4 nitrogen and oxygen atoms in total. The zero-order chi connectivity index (χ0) is 17.1. The molecule has 0 bridgehead atoms. The SMILES string of the molecule is Cc1ccc(C)c(NC(=O)CS[C@H](C)c2nc3ccccc3[nH]2)c1. The first-order valence-electron chi connectivity index (χ1n) is 7.96. The highest BCUT2D eigenvalue weighted by Crippen LogP contribution is 2.28. The van der Waals surface area contributed by atoms with Gasteiger partial charge >= 0.3 is 0 Å². The zero-order valence-electron chi connectivity index (χ0n) is 14.1. The molecule has 1 aromatic heterocycles. The number of thioether (sulfide) groups is 1. The standard InChI is InChI=1S/C19H21N3OS/c1-12-8-9-13(2)17(10-12)20-18(23)11-24-14(3)19-21-15-6-4-5-7-16(15)22-19/h4-10,14H,11H2,1-3H3,(H,20,23)(H,21,22)/t14-/m1/s1. The number of rotatable bonds is 5. The molecule has 0 aliphatic heterocycles. The number of nitrogens with one attached hydrogen (secondary N) is 2. The largest absolute Gasteiger partial charge is 0.341 e. The number of hydrogen-bond donors (Lipinski definition) is 2. The number of aromatic nitrogens is 2. The van der Waals surface area contributed by atoms with Gasteiger partial charge in [0.15, 0.2) is 0 Å². The quantitative estimate of drug-likeness (QED) is 0.713. The number of aromatic amines is 1. The number of carbonyl (C=O) groups is 1. The predicted octanol–water partition coefficient (Wildman–Crippen LogP) is 4.61. The summed E-state index contributed by atoms with van der Waals surface area (Å²) in [5, 5.41) is 3.12. The first kappa shape index (κ1) is 16.6. The molecule has 0 aliphatic carbocycles. The highest BCUT2D eigenvalue weighted by Gasteiger charge is 2.14. The van der Waals surface area contributed by atoms with Crippen LogP contribution >= 0.6 is 11.8 Å². The van der Waals surface area contributed by atoms with Crippen molar-refractivity contribution in [3.05, 3.63) is 59.4 Å². The summed E-state index contributed by atoms with van der Waals surface area (Å²) < 4.78 is 0. The van der Waals surface area contributed by atoms with Crippen LogP contribution in [0.5, 0.6) is 0 Å². The van der Waals surface area contributed by atoms with Gasteiger partial charge in [0.05, 0.1) is 22.0 Å². The maximum absolute atomic E-state index is 12.2. The third-order valence-electron chi connectivity index (χ3n) is 3.92. The Morgan fingerprint density at radius 3 is 2.83 bits per heavy atom. The van der Waals surface area contributed by atoms with E-state index in [9.17, 15) is 4.79 Å². The van der Waals surface area contributed by atoms with Gasteiger partial charge in [-0.3, -0.25) is 4.79 Å². The highest BCUT2D eigenvalue weighted by molar-refractivity contribution is 8.00. The van der Waals surface area contributed by atoms with Crippen molar-refractivity contribution in [2.24, 2.45) is 0 Å². The van der Waals surface area contributed by atoms with Crippen molar-refractivity contribution in [2.45, 2.75) is 26.0 Å².